The average molecular weight is 357 g/mol. The molecule has 0 fully saturated rings. The Morgan fingerprint density at radius 2 is 1.70 bits per heavy atom. The van der Waals surface area contributed by atoms with Crippen LogP contribution in [0.15, 0.2) is 30.3 Å². The van der Waals surface area contributed by atoms with Crippen LogP contribution in [0.2, 0.25) is 18.1 Å². The molecule has 1 aromatic carbocycles. The number of rotatable bonds is 7. The third-order valence-electron chi connectivity index (χ3n) is 4.30. The van der Waals surface area contributed by atoms with E-state index in [9.17, 15) is 0 Å². The lowest BCUT2D eigenvalue weighted by Crippen LogP contribution is -2.44. The van der Waals surface area contributed by atoms with Crippen LogP contribution in [0.1, 0.15) is 39.2 Å². The second kappa shape index (κ2) is 7.76. The second-order valence-corrected chi connectivity index (χ2v) is 12.6. The Labute approximate surface area is 134 Å². The van der Waals surface area contributed by atoms with Gasteiger partial charge in [0.2, 0.25) is 0 Å². The fraction of sp³-hybridized carbons (Fsp3) is 0.647. The normalized spacial score (nSPS) is 14.3. The predicted octanol–water partition coefficient (Wildman–Crippen LogP) is 5.79. The Hall–Kier alpha value is -0.123. The first kappa shape index (κ1) is 17.9. The van der Waals surface area contributed by atoms with E-state index >= 15 is 0 Å². The summed E-state index contributed by atoms with van der Waals surface area (Å²) in [7, 11) is -1.66. The predicted molar refractivity (Wildman–Crippen MR) is 95.2 cm³/mol. The van der Waals surface area contributed by atoms with Crippen LogP contribution in [-0.4, -0.2) is 19.8 Å². The summed E-state index contributed by atoms with van der Waals surface area (Å²) in [5.74, 6) is 0. The quantitative estimate of drug-likeness (QED) is 0.443. The first-order valence-electron chi connectivity index (χ1n) is 7.54. The first-order chi connectivity index (χ1) is 9.26. The van der Waals surface area contributed by atoms with E-state index in [0.717, 1.165) is 24.6 Å². The van der Waals surface area contributed by atoms with E-state index in [0.29, 0.717) is 6.10 Å². The third kappa shape index (κ3) is 5.70. The van der Waals surface area contributed by atoms with Crippen molar-refractivity contribution in [3.05, 3.63) is 35.9 Å². The van der Waals surface area contributed by atoms with Crippen LogP contribution >= 0.6 is 15.9 Å². The molecule has 0 aliphatic heterocycles. The summed E-state index contributed by atoms with van der Waals surface area (Å²) in [5.41, 5.74) is 1.41. The van der Waals surface area contributed by atoms with Gasteiger partial charge in [-0.25, -0.2) is 0 Å². The summed E-state index contributed by atoms with van der Waals surface area (Å²) in [6.45, 7) is 11.6. The van der Waals surface area contributed by atoms with Gasteiger partial charge in [-0.05, 0) is 43.0 Å². The maximum absolute atomic E-state index is 6.57. The van der Waals surface area contributed by atoms with Gasteiger partial charge in [-0.3, -0.25) is 0 Å². The Bertz CT molecular complexity index is 384. The van der Waals surface area contributed by atoms with Crippen molar-refractivity contribution in [2.45, 2.75) is 64.3 Å². The SMILES string of the molecule is CC(C)(C)[Si](C)(C)OC(CCBr)CCc1ccccc1. The van der Waals surface area contributed by atoms with Gasteiger partial charge in [-0.2, -0.15) is 0 Å². The van der Waals surface area contributed by atoms with Crippen molar-refractivity contribution in [3.8, 4) is 0 Å². The zero-order valence-corrected chi connectivity index (χ0v) is 16.2. The number of halogens is 1. The van der Waals surface area contributed by atoms with E-state index in [1.807, 2.05) is 0 Å². The largest absolute Gasteiger partial charge is 0.414 e. The van der Waals surface area contributed by atoms with Gasteiger partial charge in [0.05, 0.1) is 0 Å². The highest BCUT2D eigenvalue weighted by Crippen LogP contribution is 2.38. The third-order valence-corrected chi connectivity index (χ3v) is 9.29. The molecule has 20 heavy (non-hydrogen) atoms. The van der Waals surface area contributed by atoms with Crippen molar-refractivity contribution >= 4 is 24.2 Å². The molecule has 0 bridgehead atoms. The molecule has 0 N–H and O–H groups in total. The molecule has 1 aromatic rings. The highest BCUT2D eigenvalue weighted by molar-refractivity contribution is 9.09. The molecule has 1 unspecified atom stereocenters. The molecule has 114 valence electrons. The van der Waals surface area contributed by atoms with Crippen molar-refractivity contribution in [2.75, 3.05) is 5.33 Å². The average Bonchev–Trinajstić information content (AvgIpc) is 2.36. The number of hydrogen-bond acceptors (Lipinski definition) is 1. The van der Waals surface area contributed by atoms with Crippen molar-refractivity contribution in [3.63, 3.8) is 0 Å². The standard InChI is InChI=1S/C17H29BrOSi/c1-17(2,3)20(4,5)19-16(13-14-18)12-11-15-9-7-6-8-10-15/h6-10,16H,11-14H2,1-5H3. The van der Waals surface area contributed by atoms with Crippen LogP contribution in [-0.2, 0) is 10.8 Å². The molecule has 1 rings (SSSR count). The molecule has 0 radical (unpaired) electrons. The van der Waals surface area contributed by atoms with E-state index in [-0.39, 0.29) is 5.04 Å². The van der Waals surface area contributed by atoms with Gasteiger partial charge in [0, 0.05) is 11.4 Å². The molecule has 0 saturated heterocycles. The van der Waals surface area contributed by atoms with Crippen LogP contribution in [0.5, 0.6) is 0 Å². The summed E-state index contributed by atoms with van der Waals surface area (Å²) in [6.07, 6.45) is 3.68. The number of alkyl halides is 1. The molecule has 0 aliphatic rings. The highest BCUT2D eigenvalue weighted by atomic mass is 79.9. The second-order valence-electron chi connectivity index (χ2n) is 7.00. The minimum absolute atomic E-state index is 0.282. The first-order valence-corrected chi connectivity index (χ1v) is 11.6. The Balaban J connectivity index is 2.61. The van der Waals surface area contributed by atoms with Gasteiger partial charge in [-0.15, -0.1) is 0 Å². The Morgan fingerprint density at radius 3 is 2.20 bits per heavy atom. The Morgan fingerprint density at radius 1 is 1.10 bits per heavy atom. The lowest BCUT2D eigenvalue weighted by Gasteiger charge is -2.39. The minimum atomic E-state index is -1.66. The van der Waals surface area contributed by atoms with Gasteiger partial charge in [0.1, 0.15) is 0 Å². The lowest BCUT2D eigenvalue weighted by molar-refractivity contribution is 0.168. The fourth-order valence-corrected chi connectivity index (χ4v) is 3.88. The monoisotopic (exact) mass is 356 g/mol. The molecule has 1 atom stereocenters. The van der Waals surface area contributed by atoms with Crippen molar-refractivity contribution in [1.29, 1.82) is 0 Å². The molecule has 0 heterocycles. The van der Waals surface area contributed by atoms with Crippen LogP contribution < -0.4 is 0 Å². The van der Waals surface area contributed by atoms with Gasteiger partial charge >= 0.3 is 0 Å². The molecular weight excluding hydrogens is 328 g/mol. The molecule has 0 amide bonds. The topological polar surface area (TPSA) is 9.23 Å². The van der Waals surface area contributed by atoms with E-state index in [1.165, 1.54) is 5.56 Å². The Kier molecular flexibility index (Phi) is 6.96. The van der Waals surface area contributed by atoms with Gasteiger partial charge in [0.25, 0.3) is 0 Å². The zero-order valence-electron chi connectivity index (χ0n) is 13.6. The maximum Gasteiger partial charge on any atom is 0.192 e. The van der Waals surface area contributed by atoms with Crippen LogP contribution in [0.3, 0.4) is 0 Å². The number of benzene rings is 1. The summed E-state index contributed by atoms with van der Waals surface area (Å²) in [4.78, 5) is 0. The summed E-state index contributed by atoms with van der Waals surface area (Å²) >= 11 is 3.57. The summed E-state index contributed by atoms with van der Waals surface area (Å²) in [6, 6.07) is 10.7. The zero-order chi connectivity index (χ0) is 15.2. The van der Waals surface area contributed by atoms with Crippen LogP contribution in [0, 0.1) is 0 Å². The van der Waals surface area contributed by atoms with Gasteiger partial charge in [0.15, 0.2) is 8.32 Å². The van der Waals surface area contributed by atoms with E-state index in [2.05, 4.69) is 80.1 Å². The van der Waals surface area contributed by atoms with Crippen LogP contribution in [0.4, 0.5) is 0 Å². The molecular formula is C17H29BrOSi. The number of aryl methyl sites for hydroxylation is 1. The maximum atomic E-state index is 6.57. The van der Waals surface area contributed by atoms with Gasteiger partial charge < -0.3 is 4.43 Å². The molecule has 0 spiro atoms. The number of hydrogen-bond donors (Lipinski definition) is 0. The van der Waals surface area contributed by atoms with E-state index in [1.54, 1.807) is 0 Å². The lowest BCUT2D eigenvalue weighted by atomic mass is 10.1. The smallest absolute Gasteiger partial charge is 0.192 e. The highest BCUT2D eigenvalue weighted by Gasteiger charge is 2.38. The molecule has 0 saturated carbocycles. The van der Waals surface area contributed by atoms with Crippen molar-refractivity contribution in [2.24, 2.45) is 0 Å². The molecule has 1 nitrogen and oxygen atoms in total. The van der Waals surface area contributed by atoms with Crippen molar-refractivity contribution in [1.82, 2.24) is 0 Å². The summed E-state index contributed by atoms with van der Waals surface area (Å²) in [5, 5.41) is 1.30. The summed E-state index contributed by atoms with van der Waals surface area (Å²) < 4.78 is 6.57. The van der Waals surface area contributed by atoms with E-state index in [4.69, 9.17) is 4.43 Å². The van der Waals surface area contributed by atoms with Crippen molar-refractivity contribution < 1.29 is 4.43 Å². The molecule has 0 aliphatic carbocycles. The molecule has 3 heteroatoms. The van der Waals surface area contributed by atoms with Crippen LogP contribution in [0.25, 0.3) is 0 Å². The van der Waals surface area contributed by atoms with E-state index < -0.39 is 8.32 Å². The van der Waals surface area contributed by atoms with Gasteiger partial charge in [-0.1, -0.05) is 67.0 Å². The molecule has 0 aromatic heterocycles. The minimum Gasteiger partial charge on any atom is -0.414 e. The fourth-order valence-electron chi connectivity index (χ4n) is 1.95.